The third kappa shape index (κ3) is 6.15. The highest BCUT2D eigenvalue weighted by atomic mass is 35.5. The molecular weight excluding hydrogens is 377 g/mol. The zero-order valence-electron chi connectivity index (χ0n) is 12.0. The van der Waals surface area contributed by atoms with Crippen molar-refractivity contribution in [3.05, 3.63) is 57.5 Å². The van der Waals surface area contributed by atoms with E-state index in [1.807, 2.05) is 30.3 Å². The van der Waals surface area contributed by atoms with E-state index >= 15 is 0 Å². The molecular formula is C16H14Cl3NO2S. The van der Waals surface area contributed by atoms with Crippen LogP contribution in [-0.4, -0.2) is 24.8 Å². The van der Waals surface area contributed by atoms with Gasteiger partial charge in [-0.25, -0.2) is 0 Å². The molecule has 0 radical (unpaired) electrons. The second-order valence-corrected chi connectivity index (χ2v) is 6.92. The van der Waals surface area contributed by atoms with Crippen LogP contribution in [0.15, 0.2) is 47.4 Å². The third-order valence-electron chi connectivity index (χ3n) is 2.75. The molecule has 1 amide bonds. The van der Waals surface area contributed by atoms with Crippen molar-refractivity contribution in [1.29, 1.82) is 0 Å². The van der Waals surface area contributed by atoms with Crippen LogP contribution in [0.2, 0.25) is 15.1 Å². The van der Waals surface area contributed by atoms with E-state index in [9.17, 15) is 4.79 Å². The SMILES string of the molecule is O=C(COc1c(Cl)cc(Cl)cc1Cl)NCCSc1ccccc1. The first kappa shape index (κ1) is 18.3. The van der Waals surface area contributed by atoms with E-state index in [-0.39, 0.29) is 28.3 Å². The number of thioether (sulfide) groups is 1. The number of carbonyl (C=O) groups is 1. The number of carbonyl (C=O) groups excluding carboxylic acids is 1. The summed E-state index contributed by atoms with van der Waals surface area (Å²) in [5.74, 6) is 0.797. The van der Waals surface area contributed by atoms with E-state index in [0.29, 0.717) is 11.6 Å². The van der Waals surface area contributed by atoms with Gasteiger partial charge in [-0.2, -0.15) is 0 Å². The lowest BCUT2D eigenvalue weighted by Crippen LogP contribution is -2.30. The molecule has 2 aromatic carbocycles. The normalized spacial score (nSPS) is 10.4. The van der Waals surface area contributed by atoms with Gasteiger partial charge in [0.1, 0.15) is 0 Å². The number of hydrogen-bond acceptors (Lipinski definition) is 3. The van der Waals surface area contributed by atoms with Crippen molar-refractivity contribution < 1.29 is 9.53 Å². The van der Waals surface area contributed by atoms with Crippen molar-refractivity contribution in [3.8, 4) is 5.75 Å². The molecule has 0 bridgehead atoms. The first-order valence-corrected chi connectivity index (χ1v) is 8.90. The topological polar surface area (TPSA) is 38.3 Å². The van der Waals surface area contributed by atoms with Crippen molar-refractivity contribution >= 4 is 52.5 Å². The van der Waals surface area contributed by atoms with Crippen molar-refractivity contribution in [3.63, 3.8) is 0 Å². The largest absolute Gasteiger partial charge is 0.481 e. The average molecular weight is 391 g/mol. The summed E-state index contributed by atoms with van der Waals surface area (Å²) in [5, 5.41) is 3.73. The molecule has 0 spiro atoms. The maximum atomic E-state index is 11.8. The highest BCUT2D eigenvalue weighted by molar-refractivity contribution is 7.99. The standard InChI is InChI=1S/C16H14Cl3NO2S/c17-11-8-13(18)16(14(19)9-11)22-10-15(21)20-6-7-23-12-4-2-1-3-5-12/h1-5,8-9H,6-7,10H2,(H,20,21). The molecule has 0 saturated carbocycles. The molecule has 0 unspecified atom stereocenters. The first-order valence-electron chi connectivity index (χ1n) is 6.78. The van der Waals surface area contributed by atoms with Crippen LogP contribution in [0.1, 0.15) is 0 Å². The Hall–Kier alpha value is -1.07. The molecule has 0 aliphatic carbocycles. The third-order valence-corrected chi connectivity index (χ3v) is 4.54. The molecule has 2 aromatic rings. The van der Waals surface area contributed by atoms with Crippen molar-refractivity contribution in [2.45, 2.75) is 4.90 Å². The number of halogens is 3. The van der Waals surface area contributed by atoms with Gasteiger partial charge in [-0.1, -0.05) is 53.0 Å². The summed E-state index contributed by atoms with van der Waals surface area (Å²) in [6.45, 7) is 0.390. The molecule has 0 saturated heterocycles. The molecule has 23 heavy (non-hydrogen) atoms. The molecule has 1 N–H and O–H groups in total. The Morgan fingerprint density at radius 1 is 1.09 bits per heavy atom. The molecule has 0 heterocycles. The molecule has 0 atom stereocenters. The number of ether oxygens (including phenoxy) is 1. The molecule has 3 nitrogen and oxygen atoms in total. The summed E-state index contributed by atoms with van der Waals surface area (Å²) in [6.07, 6.45) is 0. The van der Waals surface area contributed by atoms with E-state index in [1.54, 1.807) is 11.8 Å². The van der Waals surface area contributed by atoms with Gasteiger partial charge in [0.25, 0.3) is 5.91 Å². The Kier molecular flexibility index (Phi) is 7.37. The second kappa shape index (κ2) is 9.28. The van der Waals surface area contributed by atoms with Crippen LogP contribution in [0.4, 0.5) is 0 Å². The lowest BCUT2D eigenvalue weighted by molar-refractivity contribution is -0.122. The van der Waals surface area contributed by atoms with Gasteiger partial charge < -0.3 is 10.1 Å². The minimum absolute atomic E-state index is 0.156. The fourth-order valence-electron chi connectivity index (χ4n) is 1.73. The molecule has 0 fully saturated rings. The maximum Gasteiger partial charge on any atom is 0.257 e. The number of nitrogens with one attached hydrogen (secondary N) is 1. The number of rotatable bonds is 7. The molecule has 0 aromatic heterocycles. The minimum atomic E-state index is -0.235. The van der Waals surface area contributed by atoms with E-state index in [0.717, 1.165) is 10.6 Å². The van der Waals surface area contributed by atoms with Crippen LogP contribution in [-0.2, 0) is 4.79 Å². The van der Waals surface area contributed by atoms with Gasteiger partial charge >= 0.3 is 0 Å². The van der Waals surface area contributed by atoms with Crippen molar-refractivity contribution in [1.82, 2.24) is 5.32 Å². The fraction of sp³-hybridized carbons (Fsp3) is 0.188. The van der Waals surface area contributed by atoms with Crippen molar-refractivity contribution in [2.24, 2.45) is 0 Å². The van der Waals surface area contributed by atoms with E-state index < -0.39 is 0 Å². The Labute approximate surface area is 154 Å². The molecule has 0 aliphatic rings. The molecule has 0 aliphatic heterocycles. The van der Waals surface area contributed by atoms with E-state index in [4.69, 9.17) is 39.5 Å². The van der Waals surface area contributed by atoms with E-state index in [1.165, 1.54) is 12.1 Å². The maximum absolute atomic E-state index is 11.8. The Balaban J connectivity index is 1.71. The monoisotopic (exact) mass is 389 g/mol. The fourth-order valence-corrected chi connectivity index (χ4v) is 3.45. The Morgan fingerprint density at radius 2 is 1.74 bits per heavy atom. The predicted octanol–water partition coefficient (Wildman–Crippen LogP) is 4.93. The predicted molar refractivity (Wildman–Crippen MR) is 97.1 cm³/mol. The summed E-state index contributed by atoms with van der Waals surface area (Å²) in [4.78, 5) is 12.9. The number of hydrogen-bond donors (Lipinski definition) is 1. The summed E-state index contributed by atoms with van der Waals surface area (Å²) in [5.41, 5.74) is 0. The van der Waals surface area contributed by atoms with E-state index in [2.05, 4.69) is 5.32 Å². The number of amides is 1. The van der Waals surface area contributed by atoms with Crippen LogP contribution < -0.4 is 10.1 Å². The molecule has 7 heteroatoms. The number of benzene rings is 2. The first-order chi connectivity index (χ1) is 11.1. The minimum Gasteiger partial charge on any atom is -0.481 e. The lowest BCUT2D eigenvalue weighted by atomic mass is 10.3. The lowest BCUT2D eigenvalue weighted by Gasteiger charge is -2.10. The smallest absolute Gasteiger partial charge is 0.257 e. The quantitative estimate of drug-likeness (QED) is 0.538. The van der Waals surface area contributed by atoms with Gasteiger partial charge in [0, 0.05) is 22.2 Å². The van der Waals surface area contributed by atoms with Crippen LogP contribution in [0.25, 0.3) is 0 Å². The van der Waals surface area contributed by atoms with Crippen LogP contribution >= 0.6 is 46.6 Å². The van der Waals surface area contributed by atoms with Gasteiger partial charge in [0.05, 0.1) is 10.0 Å². The van der Waals surface area contributed by atoms with Gasteiger partial charge in [-0.15, -0.1) is 11.8 Å². The Morgan fingerprint density at radius 3 is 2.39 bits per heavy atom. The van der Waals surface area contributed by atoms with Crippen molar-refractivity contribution in [2.75, 3.05) is 18.9 Å². The van der Waals surface area contributed by atoms with Gasteiger partial charge in [0.2, 0.25) is 0 Å². The van der Waals surface area contributed by atoms with Crippen LogP contribution in [0.5, 0.6) is 5.75 Å². The summed E-state index contributed by atoms with van der Waals surface area (Å²) in [6, 6.07) is 13.0. The second-order valence-electron chi connectivity index (χ2n) is 4.50. The summed E-state index contributed by atoms with van der Waals surface area (Å²) < 4.78 is 5.36. The molecule has 122 valence electrons. The van der Waals surface area contributed by atoms with Gasteiger partial charge in [-0.05, 0) is 24.3 Å². The summed E-state index contributed by atoms with van der Waals surface area (Å²) in [7, 11) is 0. The Bertz CT molecular complexity index is 645. The van der Waals surface area contributed by atoms with Gasteiger partial charge in [-0.3, -0.25) is 4.79 Å². The van der Waals surface area contributed by atoms with Crippen LogP contribution in [0.3, 0.4) is 0 Å². The molecule has 2 rings (SSSR count). The van der Waals surface area contributed by atoms with Crippen LogP contribution in [0, 0.1) is 0 Å². The highest BCUT2D eigenvalue weighted by Gasteiger charge is 2.11. The zero-order valence-corrected chi connectivity index (χ0v) is 15.1. The zero-order chi connectivity index (χ0) is 16.7. The highest BCUT2D eigenvalue weighted by Crippen LogP contribution is 2.35. The summed E-state index contributed by atoms with van der Waals surface area (Å²) >= 11 is 19.5. The average Bonchev–Trinajstić information content (AvgIpc) is 2.51. The van der Waals surface area contributed by atoms with Gasteiger partial charge in [0.15, 0.2) is 12.4 Å².